The van der Waals surface area contributed by atoms with Crippen molar-refractivity contribution in [2.75, 3.05) is 13.2 Å². The second-order valence-corrected chi connectivity index (χ2v) is 8.95. The highest BCUT2D eigenvalue weighted by Gasteiger charge is 2.44. The van der Waals surface area contributed by atoms with Gasteiger partial charge >= 0.3 is 0 Å². The van der Waals surface area contributed by atoms with Gasteiger partial charge in [-0.15, -0.1) is 0 Å². The van der Waals surface area contributed by atoms with E-state index in [0.717, 1.165) is 0 Å². The summed E-state index contributed by atoms with van der Waals surface area (Å²) in [6, 6.07) is -0.144. The second-order valence-electron chi connectivity index (χ2n) is 7.32. The smallest absolute Gasteiger partial charge is 0.280 e. The molecule has 2 unspecified atom stereocenters. The van der Waals surface area contributed by atoms with E-state index >= 15 is 0 Å². The van der Waals surface area contributed by atoms with Gasteiger partial charge in [0.25, 0.3) is 10.2 Å². The summed E-state index contributed by atoms with van der Waals surface area (Å²) in [6.07, 6.45) is 0.0811. The van der Waals surface area contributed by atoms with Crippen LogP contribution in [0.2, 0.25) is 0 Å². The van der Waals surface area contributed by atoms with Gasteiger partial charge in [0.15, 0.2) is 0 Å². The Morgan fingerprint density at radius 2 is 1.79 bits per heavy atom. The predicted molar refractivity (Wildman–Crippen MR) is 77.2 cm³/mol. The first kappa shape index (κ1) is 16.9. The fourth-order valence-electron chi connectivity index (χ4n) is 2.09. The number of nitrogens with one attached hydrogen (secondary N) is 1. The molecule has 0 aromatic carbocycles. The Morgan fingerprint density at radius 1 is 1.26 bits per heavy atom. The number of rotatable bonds is 3. The Balaban J connectivity index is 2.74. The van der Waals surface area contributed by atoms with E-state index in [1.54, 1.807) is 0 Å². The molecule has 19 heavy (non-hydrogen) atoms. The average molecular weight is 292 g/mol. The Kier molecular flexibility index (Phi) is 4.72. The highest BCUT2D eigenvalue weighted by molar-refractivity contribution is 7.87. The van der Waals surface area contributed by atoms with Crippen LogP contribution >= 0.6 is 0 Å². The van der Waals surface area contributed by atoms with Crippen LogP contribution in [0.5, 0.6) is 0 Å². The molecule has 1 N–H and O–H groups in total. The molecular formula is C13H28N2O3S. The van der Waals surface area contributed by atoms with Crippen molar-refractivity contribution in [2.45, 2.75) is 66.2 Å². The van der Waals surface area contributed by atoms with Gasteiger partial charge in [0.1, 0.15) is 0 Å². The van der Waals surface area contributed by atoms with Gasteiger partial charge in [0, 0.05) is 12.1 Å². The van der Waals surface area contributed by atoms with Crippen LogP contribution in [0.1, 0.15) is 48.5 Å². The van der Waals surface area contributed by atoms with Crippen molar-refractivity contribution in [2.24, 2.45) is 5.41 Å². The highest BCUT2D eigenvalue weighted by atomic mass is 32.2. The topological polar surface area (TPSA) is 58.6 Å². The molecule has 1 fully saturated rings. The van der Waals surface area contributed by atoms with Crippen molar-refractivity contribution in [1.82, 2.24) is 9.03 Å². The van der Waals surface area contributed by atoms with Crippen molar-refractivity contribution < 1.29 is 13.2 Å². The van der Waals surface area contributed by atoms with Gasteiger partial charge in [-0.05, 0) is 33.1 Å². The first-order chi connectivity index (χ1) is 8.36. The Bertz CT molecular complexity index is 407. The number of hydrogen-bond donors (Lipinski definition) is 1. The van der Waals surface area contributed by atoms with Gasteiger partial charge < -0.3 is 4.74 Å². The van der Waals surface area contributed by atoms with Crippen molar-refractivity contribution in [3.63, 3.8) is 0 Å². The van der Waals surface area contributed by atoms with Crippen molar-refractivity contribution in [3.8, 4) is 0 Å². The Morgan fingerprint density at radius 3 is 2.21 bits per heavy atom. The average Bonchev–Trinajstić information content (AvgIpc) is 2.47. The summed E-state index contributed by atoms with van der Waals surface area (Å²) in [5, 5.41) is 0. The van der Waals surface area contributed by atoms with Crippen LogP contribution in [-0.4, -0.2) is 43.6 Å². The quantitative estimate of drug-likeness (QED) is 0.862. The molecular weight excluding hydrogens is 264 g/mol. The lowest BCUT2D eigenvalue weighted by Crippen LogP contribution is -2.50. The van der Waals surface area contributed by atoms with Crippen LogP contribution in [0.4, 0.5) is 0 Å². The van der Waals surface area contributed by atoms with E-state index < -0.39 is 15.7 Å². The lowest BCUT2D eigenvalue weighted by Gasteiger charge is -2.35. The van der Waals surface area contributed by atoms with E-state index in [1.165, 1.54) is 4.31 Å². The number of hydrogen-bond acceptors (Lipinski definition) is 3. The molecule has 0 aliphatic carbocycles. The van der Waals surface area contributed by atoms with Gasteiger partial charge in [-0.25, -0.2) is 4.72 Å². The largest absolute Gasteiger partial charge is 0.376 e. The van der Waals surface area contributed by atoms with Crippen LogP contribution < -0.4 is 4.72 Å². The second kappa shape index (κ2) is 5.31. The third-order valence-corrected chi connectivity index (χ3v) is 5.41. The summed E-state index contributed by atoms with van der Waals surface area (Å²) in [5.41, 5.74) is -0.390. The molecule has 6 heteroatoms. The van der Waals surface area contributed by atoms with Crippen molar-refractivity contribution in [3.05, 3.63) is 0 Å². The summed E-state index contributed by atoms with van der Waals surface area (Å²) in [6.45, 7) is 14.9. The van der Waals surface area contributed by atoms with Crippen molar-refractivity contribution >= 4 is 10.2 Å². The molecule has 0 aromatic rings. The molecule has 0 radical (unpaired) electrons. The summed E-state index contributed by atoms with van der Waals surface area (Å²) in [7, 11) is -3.37. The molecule has 2 atom stereocenters. The minimum absolute atomic E-state index is 0.0530. The molecule has 0 saturated carbocycles. The van der Waals surface area contributed by atoms with Crippen LogP contribution in [0, 0.1) is 5.41 Å². The molecule has 5 nitrogen and oxygen atoms in total. The third-order valence-electron chi connectivity index (χ3n) is 3.51. The molecule has 1 rings (SSSR count). The van der Waals surface area contributed by atoms with E-state index in [4.69, 9.17) is 4.74 Å². The molecule has 1 aliphatic rings. The number of ether oxygens (including phenoxy) is 1. The van der Waals surface area contributed by atoms with Crippen molar-refractivity contribution in [1.29, 1.82) is 0 Å². The minimum atomic E-state index is -3.37. The van der Waals surface area contributed by atoms with E-state index in [1.807, 2.05) is 27.7 Å². The highest BCUT2D eigenvalue weighted by Crippen LogP contribution is 2.27. The fraction of sp³-hybridized carbons (Fsp3) is 1.00. The monoisotopic (exact) mass is 292 g/mol. The van der Waals surface area contributed by atoms with Gasteiger partial charge in [0.2, 0.25) is 0 Å². The Labute approximate surface area is 117 Å². The summed E-state index contributed by atoms with van der Waals surface area (Å²) in [4.78, 5) is 0. The van der Waals surface area contributed by atoms with E-state index in [0.29, 0.717) is 13.2 Å². The van der Waals surface area contributed by atoms with Crippen LogP contribution in [0.3, 0.4) is 0 Å². The molecule has 0 amide bonds. The molecule has 1 heterocycles. The van der Waals surface area contributed by atoms with E-state index in [9.17, 15) is 8.42 Å². The van der Waals surface area contributed by atoms with E-state index in [-0.39, 0.29) is 17.6 Å². The molecule has 0 spiro atoms. The first-order valence-electron chi connectivity index (χ1n) is 6.76. The number of nitrogens with zero attached hydrogens (tertiary/aromatic N) is 1. The first-order valence-corrected chi connectivity index (χ1v) is 8.20. The maximum atomic E-state index is 12.0. The SMILES string of the molecule is CC(OCC1CNS(=O)(=O)N1C(C)(C)C)C(C)(C)C. The normalized spacial score (nSPS) is 26.6. The molecule has 1 aliphatic heterocycles. The maximum Gasteiger partial charge on any atom is 0.280 e. The standard InChI is InChI=1S/C13H28N2O3S/c1-10(12(2,3)4)18-9-11-8-14-19(16,17)15(11)13(5,6)7/h10-11,14H,8-9H2,1-7H3. The maximum absolute atomic E-state index is 12.0. The molecule has 1 saturated heterocycles. The van der Waals surface area contributed by atoms with Gasteiger partial charge in [-0.2, -0.15) is 12.7 Å². The fourth-order valence-corrected chi connectivity index (χ4v) is 3.88. The minimum Gasteiger partial charge on any atom is -0.376 e. The van der Waals surface area contributed by atoms with Crippen LogP contribution in [0.25, 0.3) is 0 Å². The lowest BCUT2D eigenvalue weighted by atomic mass is 9.90. The van der Waals surface area contributed by atoms with E-state index in [2.05, 4.69) is 25.5 Å². The van der Waals surface area contributed by atoms with Crippen LogP contribution in [0.15, 0.2) is 0 Å². The zero-order chi connectivity index (χ0) is 15.1. The Hall–Kier alpha value is -0.170. The molecule has 0 aromatic heterocycles. The molecule has 114 valence electrons. The van der Waals surface area contributed by atoms with Gasteiger partial charge in [-0.1, -0.05) is 20.8 Å². The summed E-state index contributed by atoms with van der Waals surface area (Å²) in [5.74, 6) is 0. The predicted octanol–water partition coefficient (Wildman–Crippen LogP) is 1.75. The lowest BCUT2D eigenvalue weighted by molar-refractivity contribution is -0.0268. The third kappa shape index (κ3) is 4.15. The van der Waals surface area contributed by atoms with Gasteiger partial charge in [-0.3, -0.25) is 0 Å². The summed E-state index contributed by atoms with van der Waals surface area (Å²) < 4.78 is 34.0. The van der Waals surface area contributed by atoms with Crippen LogP contribution in [-0.2, 0) is 14.9 Å². The van der Waals surface area contributed by atoms with Gasteiger partial charge in [0.05, 0.1) is 18.8 Å². The molecule has 0 bridgehead atoms. The zero-order valence-electron chi connectivity index (χ0n) is 13.1. The zero-order valence-corrected chi connectivity index (χ0v) is 14.0. The summed E-state index contributed by atoms with van der Waals surface area (Å²) >= 11 is 0.